The second-order valence-electron chi connectivity index (χ2n) is 8.08. The number of fused-ring (bicyclic) bond motifs is 5. The maximum atomic E-state index is 12.1. The highest BCUT2D eigenvalue weighted by molar-refractivity contribution is 5.79. The van der Waals surface area contributed by atoms with E-state index in [2.05, 4.69) is 13.0 Å². The molecule has 2 fully saturated rings. The third-order valence-corrected chi connectivity index (χ3v) is 7.20. The first-order valence-corrected chi connectivity index (χ1v) is 8.83. The lowest BCUT2D eigenvalue weighted by molar-refractivity contribution is -0.125. The number of aryl methyl sites for hydroxylation is 1. The summed E-state index contributed by atoms with van der Waals surface area (Å²) in [5.41, 5.74) is 3.06. The maximum absolute atomic E-state index is 12.1. The smallest absolute Gasteiger partial charge is 0.133 e. The van der Waals surface area contributed by atoms with Gasteiger partial charge in [0.1, 0.15) is 11.5 Å². The fourth-order valence-electron chi connectivity index (χ4n) is 6.24. The fraction of sp³-hybridized carbons (Fsp3) is 0.650. The van der Waals surface area contributed by atoms with E-state index in [-0.39, 0.29) is 5.41 Å². The molecule has 0 aromatic heterocycles. The first kappa shape index (κ1) is 14.3. The SMILES string of the molecule is CC(=O)[C@H]1CC[C@H]2[C@@H]3CCc4cc(O)ccc4[C@H]3CC[C@]12C. The molecule has 5 atom stereocenters. The largest absolute Gasteiger partial charge is 0.508 e. The predicted octanol–water partition coefficient (Wildman–Crippen LogP) is 4.45. The zero-order valence-electron chi connectivity index (χ0n) is 13.6. The number of Topliss-reactive ketones (excluding diaryl/α,β-unsaturated/α-hetero) is 1. The molecule has 0 saturated heterocycles. The van der Waals surface area contributed by atoms with Crippen LogP contribution in [0.5, 0.6) is 5.75 Å². The molecular weight excluding hydrogens is 272 g/mol. The molecule has 0 bridgehead atoms. The Balaban J connectivity index is 1.69. The lowest BCUT2D eigenvalue weighted by Gasteiger charge is -2.50. The van der Waals surface area contributed by atoms with Gasteiger partial charge in [0, 0.05) is 5.92 Å². The highest BCUT2D eigenvalue weighted by Gasteiger charge is 2.55. The summed E-state index contributed by atoms with van der Waals surface area (Å²) in [5.74, 6) is 3.19. The van der Waals surface area contributed by atoms with Gasteiger partial charge in [-0.3, -0.25) is 4.79 Å². The van der Waals surface area contributed by atoms with Crippen molar-refractivity contribution in [2.75, 3.05) is 0 Å². The molecule has 4 rings (SSSR count). The van der Waals surface area contributed by atoms with Crippen LogP contribution in [0.2, 0.25) is 0 Å². The molecular formula is C20H26O2. The third kappa shape index (κ3) is 1.89. The molecule has 0 aliphatic heterocycles. The van der Waals surface area contributed by atoms with Crippen LogP contribution in [0, 0.1) is 23.2 Å². The molecule has 2 saturated carbocycles. The summed E-state index contributed by atoms with van der Waals surface area (Å²) in [6.07, 6.45) is 7.04. The van der Waals surface area contributed by atoms with Crippen molar-refractivity contribution in [3.63, 3.8) is 0 Å². The van der Waals surface area contributed by atoms with Crippen molar-refractivity contribution in [1.29, 1.82) is 0 Å². The van der Waals surface area contributed by atoms with Gasteiger partial charge in [-0.25, -0.2) is 0 Å². The van der Waals surface area contributed by atoms with Gasteiger partial charge >= 0.3 is 0 Å². The van der Waals surface area contributed by atoms with Crippen molar-refractivity contribution in [2.45, 2.75) is 58.3 Å². The van der Waals surface area contributed by atoms with Crippen molar-refractivity contribution >= 4 is 5.78 Å². The summed E-state index contributed by atoms with van der Waals surface area (Å²) in [7, 11) is 0. The maximum Gasteiger partial charge on any atom is 0.133 e. The Labute approximate surface area is 132 Å². The van der Waals surface area contributed by atoms with Crippen LogP contribution in [0.4, 0.5) is 0 Å². The number of aromatic hydroxyl groups is 1. The van der Waals surface area contributed by atoms with Gasteiger partial charge in [0.25, 0.3) is 0 Å². The summed E-state index contributed by atoms with van der Waals surface area (Å²) >= 11 is 0. The molecule has 0 amide bonds. The minimum absolute atomic E-state index is 0.238. The summed E-state index contributed by atoms with van der Waals surface area (Å²) in [4.78, 5) is 12.1. The van der Waals surface area contributed by atoms with E-state index in [9.17, 15) is 9.90 Å². The van der Waals surface area contributed by atoms with E-state index in [1.165, 1.54) is 36.8 Å². The molecule has 1 aromatic carbocycles. The molecule has 3 aliphatic rings. The fourth-order valence-corrected chi connectivity index (χ4v) is 6.24. The van der Waals surface area contributed by atoms with Crippen molar-refractivity contribution < 1.29 is 9.90 Å². The van der Waals surface area contributed by atoms with Crippen molar-refractivity contribution in [3.05, 3.63) is 29.3 Å². The van der Waals surface area contributed by atoms with E-state index in [0.717, 1.165) is 18.8 Å². The number of ketones is 1. The van der Waals surface area contributed by atoms with Gasteiger partial charge in [0.05, 0.1) is 0 Å². The van der Waals surface area contributed by atoms with E-state index in [4.69, 9.17) is 0 Å². The summed E-state index contributed by atoms with van der Waals surface area (Å²) in [6, 6.07) is 5.97. The number of hydrogen-bond acceptors (Lipinski definition) is 2. The highest BCUT2D eigenvalue weighted by atomic mass is 16.3. The molecule has 0 spiro atoms. The molecule has 1 N–H and O–H groups in total. The van der Waals surface area contributed by atoms with E-state index < -0.39 is 0 Å². The van der Waals surface area contributed by atoms with E-state index >= 15 is 0 Å². The van der Waals surface area contributed by atoms with Crippen LogP contribution in [-0.4, -0.2) is 10.9 Å². The normalized spacial score (nSPS) is 39.7. The average molecular weight is 298 g/mol. The monoisotopic (exact) mass is 298 g/mol. The third-order valence-electron chi connectivity index (χ3n) is 7.20. The van der Waals surface area contributed by atoms with Gasteiger partial charge in [-0.1, -0.05) is 13.0 Å². The lowest BCUT2D eigenvalue weighted by Crippen LogP contribution is -2.43. The van der Waals surface area contributed by atoms with E-state index in [1.807, 2.05) is 12.1 Å². The molecule has 1 aromatic rings. The van der Waals surface area contributed by atoms with Gasteiger partial charge in [-0.2, -0.15) is 0 Å². The minimum atomic E-state index is 0.238. The Morgan fingerprint density at radius 2 is 2.05 bits per heavy atom. The minimum Gasteiger partial charge on any atom is -0.508 e. The Morgan fingerprint density at radius 1 is 1.23 bits per heavy atom. The van der Waals surface area contributed by atoms with Crippen LogP contribution in [0.3, 0.4) is 0 Å². The zero-order valence-corrected chi connectivity index (χ0v) is 13.6. The number of phenolic OH excluding ortho intramolecular Hbond substituents is 1. The number of hydrogen-bond donors (Lipinski definition) is 1. The Morgan fingerprint density at radius 3 is 2.82 bits per heavy atom. The second-order valence-corrected chi connectivity index (χ2v) is 8.08. The molecule has 0 radical (unpaired) electrons. The quantitative estimate of drug-likeness (QED) is 0.831. The number of benzene rings is 1. The van der Waals surface area contributed by atoms with Crippen LogP contribution in [-0.2, 0) is 11.2 Å². The van der Waals surface area contributed by atoms with Gasteiger partial charge in [0.15, 0.2) is 0 Å². The molecule has 3 aliphatic carbocycles. The average Bonchev–Trinajstić information content (AvgIpc) is 2.84. The number of carbonyl (C=O) groups excluding carboxylic acids is 1. The molecule has 0 unspecified atom stereocenters. The topological polar surface area (TPSA) is 37.3 Å². The van der Waals surface area contributed by atoms with Gasteiger partial charge in [-0.15, -0.1) is 0 Å². The molecule has 2 nitrogen and oxygen atoms in total. The molecule has 22 heavy (non-hydrogen) atoms. The van der Waals surface area contributed by atoms with Crippen molar-refractivity contribution in [3.8, 4) is 5.75 Å². The van der Waals surface area contributed by atoms with Crippen LogP contribution in [0.15, 0.2) is 18.2 Å². The Kier molecular flexibility index (Phi) is 3.15. The predicted molar refractivity (Wildman–Crippen MR) is 86.9 cm³/mol. The van der Waals surface area contributed by atoms with E-state index in [0.29, 0.717) is 29.3 Å². The number of rotatable bonds is 1. The molecule has 2 heteroatoms. The summed E-state index contributed by atoms with van der Waals surface area (Å²) in [5, 5.41) is 9.73. The van der Waals surface area contributed by atoms with Crippen molar-refractivity contribution in [1.82, 2.24) is 0 Å². The lowest BCUT2D eigenvalue weighted by atomic mass is 9.54. The number of phenols is 1. The van der Waals surface area contributed by atoms with Gasteiger partial charge < -0.3 is 5.11 Å². The van der Waals surface area contributed by atoms with Crippen LogP contribution >= 0.6 is 0 Å². The Hall–Kier alpha value is -1.31. The van der Waals surface area contributed by atoms with Crippen molar-refractivity contribution in [2.24, 2.45) is 23.2 Å². The summed E-state index contributed by atoms with van der Waals surface area (Å²) in [6.45, 7) is 4.18. The zero-order chi connectivity index (χ0) is 15.5. The standard InChI is InChI=1S/C20H26O2/c1-12(21)18-7-8-19-17-5-3-13-11-14(22)4-6-15(13)16(17)9-10-20(18,19)2/h4,6,11,16-19,22H,3,5,7-10H2,1-2H3/t16-,17-,18-,19+,20-/m1/s1. The van der Waals surface area contributed by atoms with Crippen LogP contribution in [0.25, 0.3) is 0 Å². The highest BCUT2D eigenvalue weighted by Crippen LogP contribution is 2.63. The first-order valence-electron chi connectivity index (χ1n) is 8.83. The first-order chi connectivity index (χ1) is 10.5. The second kappa shape index (κ2) is 4.84. The van der Waals surface area contributed by atoms with Gasteiger partial charge in [-0.05, 0) is 91.9 Å². The Bertz CT molecular complexity index is 620. The number of carbonyl (C=O) groups is 1. The summed E-state index contributed by atoms with van der Waals surface area (Å²) < 4.78 is 0. The van der Waals surface area contributed by atoms with Gasteiger partial charge in [0.2, 0.25) is 0 Å². The van der Waals surface area contributed by atoms with Crippen LogP contribution in [0.1, 0.15) is 63.0 Å². The van der Waals surface area contributed by atoms with Crippen LogP contribution < -0.4 is 0 Å². The molecule has 0 heterocycles. The van der Waals surface area contributed by atoms with E-state index in [1.54, 1.807) is 6.92 Å². The molecule has 118 valence electrons.